The van der Waals surface area contributed by atoms with E-state index < -0.39 is 5.60 Å². The topological polar surface area (TPSA) is 35.5 Å². The molecule has 114 valence electrons. The van der Waals surface area contributed by atoms with E-state index in [4.69, 9.17) is 23.2 Å². The van der Waals surface area contributed by atoms with Crippen LogP contribution in [0.4, 0.5) is 0 Å². The second-order valence-corrected chi connectivity index (χ2v) is 6.74. The van der Waals surface area contributed by atoms with Gasteiger partial charge in [0.2, 0.25) is 0 Å². The molecule has 0 radical (unpaired) electrons. The number of rotatable bonds is 7. The maximum Gasteiger partial charge on any atom is 0.0869 e. The Balaban J connectivity index is 2.54. The van der Waals surface area contributed by atoms with Crippen molar-refractivity contribution < 1.29 is 5.11 Å². The molecule has 2 unspecified atom stereocenters. The summed E-state index contributed by atoms with van der Waals surface area (Å²) in [6, 6.07) is 5.71. The molecule has 2 atom stereocenters. The van der Waals surface area contributed by atoms with Crippen molar-refractivity contribution >= 4 is 23.2 Å². The van der Waals surface area contributed by atoms with Crippen LogP contribution >= 0.6 is 23.2 Å². The average Bonchev–Trinajstić information content (AvgIpc) is 2.30. The van der Waals surface area contributed by atoms with Gasteiger partial charge in [-0.05, 0) is 52.1 Å². The molecule has 0 saturated carbocycles. The molecular formula is C15H24Cl2N2O. The predicted molar refractivity (Wildman–Crippen MR) is 86.8 cm³/mol. The van der Waals surface area contributed by atoms with Gasteiger partial charge in [-0.1, -0.05) is 29.3 Å². The third-order valence-electron chi connectivity index (χ3n) is 3.06. The van der Waals surface area contributed by atoms with Crippen LogP contribution in [-0.2, 0) is 6.42 Å². The smallest absolute Gasteiger partial charge is 0.0869 e. The van der Waals surface area contributed by atoms with Crippen LogP contribution < -0.4 is 5.32 Å². The Morgan fingerprint density at radius 2 is 1.85 bits per heavy atom. The lowest BCUT2D eigenvalue weighted by molar-refractivity contribution is 0.0318. The zero-order valence-electron chi connectivity index (χ0n) is 12.6. The molecule has 0 spiro atoms. The van der Waals surface area contributed by atoms with E-state index in [2.05, 4.69) is 12.2 Å². The highest BCUT2D eigenvalue weighted by molar-refractivity contribution is 6.35. The van der Waals surface area contributed by atoms with E-state index >= 15 is 0 Å². The summed E-state index contributed by atoms with van der Waals surface area (Å²) < 4.78 is 0. The standard InChI is InChI=1S/C15H24Cl2N2O/c1-11(18-9-15(2,20)10-19(3)4)8-12-13(16)6-5-7-14(12)17/h5-7,11,18,20H,8-10H2,1-4H3. The molecular weight excluding hydrogens is 295 g/mol. The summed E-state index contributed by atoms with van der Waals surface area (Å²) >= 11 is 12.3. The van der Waals surface area contributed by atoms with Gasteiger partial charge in [-0.25, -0.2) is 0 Å². The normalized spacial score (nSPS) is 16.2. The largest absolute Gasteiger partial charge is 0.388 e. The van der Waals surface area contributed by atoms with Crippen molar-refractivity contribution in [3.05, 3.63) is 33.8 Å². The fourth-order valence-corrected chi connectivity index (χ4v) is 2.79. The van der Waals surface area contributed by atoms with Crippen molar-refractivity contribution in [1.29, 1.82) is 0 Å². The summed E-state index contributed by atoms with van der Waals surface area (Å²) in [4.78, 5) is 1.97. The lowest BCUT2D eigenvalue weighted by Gasteiger charge is -2.29. The summed E-state index contributed by atoms with van der Waals surface area (Å²) in [5.41, 5.74) is 0.185. The fraction of sp³-hybridized carbons (Fsp3) is 0.600. The minimum Gasteiger partial charge on any atom is -0.388 e. The minimum atomic E-state index is -0.762. The van der Waals surface area contributed by atoms with Gasteiger partial charge in [-0.15, -0.1) is 0 Å². The second-order valence-electron chi connectivity index (χ2n) is 5.92. The van der Waals surface area contributed by atoms with Gasteiger partial charge in [-0.2, -0.15) is 0 Å². The van der Waals surface area contributed by atoms with Gasteiger partial charge in [0.05, 0.1) is 5.60 Å². The van der Waals surface area contributed by atoms with Gasteiger partial charge in [0.1, 0.15) is 0 Å². The van der Waals surface area contributed by atoms with Crippen LogP contribution in [0.5, 0.6) is 0 Å². The van der Waals surface area contributed by atoms with Crippen molar-refractivity contribution in [2.45, 2.75) is 31.9 Å². The Kier molecular flexibility index (Phi) is 6.76. The molecule has 5 heteroatoms. The number of hydrogen-bond donors (Lipinski definition) is 2. The monoisotopic (exact) mass is 318 g/mol. The fourth-order valence-electron chi connectivity index (χ4n) is 2.24. The Morgan fingerprint density at radius 1 is 1.30 bits per heavy atom. The Hall–Kier alpha value is -0.320. The molecule has 0 aliphatic carbocycles. The van der Waals surface area contributed by atoms with Gasteiger partial charge in [0, 0.05) is 29.2 Å². The van der Waals surface area contributed by atoms with Crippen LogP contribution in [0.15, 0.2) is 18.2 Å². The second kappa shape index (κ2) is 7.62. The quantitative estimate of drug-likeness (QED) is 0.811. The summed E-state index contributed by atoms with van der Waals surface area (Å²) in [6.07, 6.45) is 0.733. The zero-order valence-corrected chi connectivity index (χ0v) is 14.1. The van der Waals surface area contributed by atoms with Gasteiger partial charge < -0.3 is 15.3 Å². The van der Waals surface area contributed by atoms with Crippen molar-refractivity contribution in [2.75, 3.05) is 27.2 Å². The molecule has 0 saturated heterocycles. The Labute approximate surface area is 131 Å². The van der Waals surface area contributed by atoms with E-state index in [1.165, 1.54) is 0 Å². The van der Waals surface area contributed by atoms with Crippen LogP contribution in [0.3, 0.4) is 0 Å². The minimum absolute atomic E-state index is 0.182. The SMILES string of the molecule is CC(Cc1c(Cl)cccc1Cl)NCC(C)(O)CN(C)C. The first-order valence-corrected chi connectivity index (χ1v) is 7.50. The maximum absolute atomic E-state index is 10.3. The number of benzene rings is 1. The highest BCUT2D eigenvalue weighted by Crippen LogP contribution is 2.25. The summed E-state index contributed by atoms with van der Waals surface area (Å²) in [5, 5.41) is 15.0. The molecule has 0 bridgehead atoms. The van der Waals surface area contributed by atoms with E-state index in [9.17, 15) is 5.11 Å². The molecule has 0 aromatic heterocycles. The van der Waals surface area contributed by atoms with Crippen molar-refractivity contribution in [3.63, 3.8) is 0 Å². The van der Waals surface area contributed by atoms with E-state index in [0.717, 1.165) is 12.0 Å². The van der Waals surface area contributed by atoms with E-state index in [0.29, 0.717) is 23.1 Å². The van der Waals surface area contributed by atoms with E-state index in [-0.39, 0.29) is 6.04 Å². The molecule has 1 aromatic carbocycles. The van der Waals surface area contributed by atoms with Crippen LogP contribution in [0.1, 0.15) is 19.4 Å². The highest BCUT2D eigenvalue weighted by atomic mass is 35.5. The average molecular weight is 319 g/mol. The number of nitrogens with zero attached hydrogens (tertiary/aromatic N) is 1. The molecule has 1 aromatic rings. The van der Waals surface area contributed by atoms with Crippen LogP contribution in [0.2, 0.25) is 10.0 Å². The molecule has 1 rings (SSSR count). The van der Waals surface area contributed by atoms with E-state index in [1.807, 2.05) is 44.1 Å². The molecule has 0 amide bonds. The highest BCUT2D eigenvalue weighted by Gasteiger charge is 2.22. The number of aliphatic hydroxyl groups is 1. The van der Waals surface area contributed by atoms with Crippen LogP contribution in [0.25, 0.3) is 0 Å². The summed E-state index contributed by atoms with van der Waals surface area (Å²) in [5.74, 6) is 0. The summed E-state index contributed by atoms with van der Waals surface area (Å²) in [7, 11) is 3.89. The number of nitrogens with one attached hydrogen (secondary N) is 1. The molecule has 0 fully saturated rings. The molecule has 0 aliphatic heterocycles. The van der Waals surface area contributed by atoms with Gasteiger partial charge >= 0.3 is 0 Å². The maximum atomic E-state index is 10.3. The van der Waals surface area contributed by atoms with Crippen molar-refractivity contribution in [1.82, 2.24) is 10.2 Å². The molecule has 0 heterocycles. The Bertz CT molecular complexity index is 416. The predicted octanol–water partition coefficient (Wildman–Crippen LogP) is 2.83. The first-order chi connectivity index (χ1) is 9.21. The van der Waals surface area contributed by atoms with E-state index in [1.54, 1.807) is 0 Å². The number of likely N-dealkylation sites (N-methyl/N-ethyl adjacent to an activating group) is 1. The van der Waals surface area contributed by atoms with Gasteiger partial charge in [0.15, 0.2) is 0 Å². The van der Waals surface area contributed by atoms with Gasteiger partial charge in [0.25, 0.3) is 0 Å². The molecule has 0 aliphatic rings. The lowest BCUT2D eigenvalue weighted by atomic mass is 10.0. The number of halogens is 2. The van der Waals surface area contributed by atoms with Crippen molar-refractivity contribution in [3.8, 4) is 0 Å². The zero-order chi connectivity index (χ0) is 15.3. The third-order valence-corrected chi connectivity index (χ3v) is 3.77. The molecule has 3 nitrogen and oxygen atoms in total. The van der Waals surface area contributed by atoms with Crippen LogP contribution in [-0.4, -0.2) is 48.8 Å². The Morgan fingerprint density at radius 3 is 2.35 bits per heavy atom. The molecule has 20 heavy (non-hydrogen) atoms. The number of hydrogen-bond acceptors (Lipinski definition) is 3. The first kappa shape index (κ1) is 17.7. The third kappa shape index (κ3) is 5.98. The van der Waals surface area contributed by atoms with Gasteiger partial charge in [-0.3, -0.25) is 0 Å². The summed E-state index contributed by atoms with van der Waals surface area (Å²) in [6.45, 7) is 5.02. The lowest BCUT2D eigenvalue weighted by Crippen LogP contribution is -2.48. The first-order valence-electron chi connectivity index (χ1n) is 6.74. The molecule has 2 N–H and O–H groups in total. The van der Waals surface area contributed by atoms with Crippen LogP contribution in [0, 0.1) is 0 Å². The van der Waals surface area contributed by atoms with Crippen molar-refractivity contribution in [2.24, 2.45) is 0 Å².